The number of anilines is 5. The Labute approximate surface area is 203 Å². The highest BCUT2D eigenvalue weighted by Crippen LogP contribution is 2.35. The van der Waals surface area contributed by atoms with Crippen LogP contribution < -0.4 is 21.3 Å². The number of aromatic nitrogens is 1. The molecule has 0 fully saturated rings. The van der Waals surface area contributed by atoms with Gasteiger partial charge in [-0.25, -0.2) is 18.0 Å². The average molecular weight is 489 g/mol. The summed E-state index contributed by atoms with van der Waals surface area (Å²) in [6, 6.07) is 15.9. The summed E-state index contributed by atoms with van der Waals surface area (Å²) in [5, 5.41) is 10.7. The molecule has 0 bridgehead atoms. The second-order valence-corrected chi connectivity index (χ2v) is 7.93. The van der Waals surface area contributed by atoms with E-state index in [1.807, 2.05) is 24.3 Å². The highest BCUT2D eigenvalue weighted by molar-refractivity contribution is 6.35. The summed E-state index contributed by atoms with van der Waals surface area (Å²) >= 11 is 0. The van der Waals surface area contributed by atoms with Crippen molar-refractivity contribution in [2.24, 2.45) is 0 Å². The molecule has 4 aromatic rings. The SMILES string of the molecule is O=C(Nc1cccc(Nc2ccc3c(c2)NC(=O)C3=Cc2ccc[nH]2)c1)Nc1cc(F)c(F)cc1F. The molecular formula is C26H18F3N5O2. The van der Waals surface area contributed by atoms with Crippen LogP contribution in [0.3, 0.4) is 0 Å². The highest BCUT2D eigenvalue weighted by atomic mass is 19.2. The molecular weight excluding hydrogens is 471 g/mol. The topological polar surface area (TPSA) is 98.1 Å². The molecule has 1 aliphatic heterocycles. The fourth-order valence-corrected chi connectivity index (χ4v) is 3.75. The summed E-state index contributed by atoms with van der Waals surface area (Å²) in [7, 11) is 0. The number of fused-ring (bicyclic) bond motifs is 1. The van der Waals surface area contributed by atoms with Crippen LogP contribution in [0.15, 0.2) is 72.9 Å². The number of nitrogens with one attached hydrogen (secondary N) is 5. The maximum atomic E-state index is 13.8. The number of rotatable bonds is 5. The van der Waals surface area contributed by atoms with Crippen molar-refractivity contribution in [2.75, 3.05) is 21.3 Å². The number of aromatic amines is 1. The van der Waals surface area contributed by atoms with Gasteiger partial charge in [0, 0.05) is 46.6 Å². The second kappa shape index (κ2) is 9.34. The van der Waals surface area contributed by atoms with Gasteiger partial charge >= 0.3 is 6.03 Å². The number of hydrogen-bond acceptors (Lipinski definition) is 3. The molecule has 3 amide bonds. The third-order valence-corrected chi connectivity index (χ3v) is 5.39. The lowest BCUT2D eigenvalue weighted by atomic mass is 10.1. The summed E-state index contributed by atoms with van der Waals surface area (Å²) in [5.41, 5.74) is 3.99. The van der Waals surface area contributed by atoms with Crippen LogP contribution in [0.2, 0.25) is 0 Å². The molecule has 5 rings (SSSR count). The molecule has 7 nitrogen and oxygen atoms in total. The second-order valence-electron chi connectivity index (χ2n) is 7.93. The van der Waals surface area contributed by atoms with Gasteiger partial charge in [0.2, 0.25) is 0 Å². The molecule has 5 N–H and O–H groups in total. The van der Waals surface area contributed by atoms with Crippen molar-refractivity contribution in [3.8, 4) is 0 Å². The van der Waals surface area contributed by atoms with Gasteiger partial charge in [0.1, 0.15) is 5.82 Å². The van der Waals surface area contributed by atoms with Gasteiger partial charge in [-0.15, -0.1) is 0 Å². The lowest BCUT2D eigenvalue weighted by Gasteiger charge is -2.12. The monoisotopic (exact) mass is 489 g/mol. The van der Waals surface area contributed by atoms with E-state index in [4.69, 9.17) is 0 Å². The first-order valence-corrected chi connectivity index (χ1v) is 10.8. The third-order valence-electron chi connectivity index (χ3n) is 5.39. The van der Waals surface area contributed by atoms with Crippen molar-refractivity contribution in [3.05, 3.63) is 102 Å². The van der Waals surface area contributed by atoms with Gasteiger partial charge in [-0.3, -0.25) is 4.79 Å². The van der Waals surface area contributed by atoms with E-state index >= 15 is 0 Å². The minimum Gasteiger partial charge on any atom is -0.362 e. The summed E-state index contributed by atoms with van der Waals surface area (Å²) in [6.45, 7) is 0. The Kier molecular flexibility index (Phi) is 5.91. The van der Waals surface area contributed by atoms with E-state index in [-0.39, 0.29) is 5.91 Å². The zero-order valence-corrected chi connectivity index (χ0v) is 18.5. The van der Waals surface area contributed by atoms with E-state index < -0.39 is 29.2 Å². The molecule has 10 heteroatoms. The normalized spacial score (nSPS) is 13.3. The number of amides is 3. The van der Waals surface area contributed by atoms with Crippen LogP contribution in [-0.2, 0) is 4.79 Å². The number of halogens is 3. The van der Waals surface area contributed by atoms with Gasteiger partial charge in [0.25, 0.3) is 5.91 Å². The minimum absolute atomic E-state index is 0.202. The van der Waals surface area contributed by atoms with Crippen LogP contribution in [0.4, 0.5) is 46.4 Å². The number of hydrogen-bond donors (Lipinski definition) is 5. The minimum atomic E-state index is -1.35. The Morgan fingerprint density at radius 1 is 0.806 bits per heavy atom. The first-order chi connectivity index (χ1) is 17.4. The lowest BCUT2D eigenvalue weighted by molar-refractivity contribution is -0.110. The molecule has 0 aliphatic carbocycles. The number of urea groups is 1. The Hall–Kier alpha value is -4.99. The molecule has 3 aromatic carbocycles. The quantitative estimate of drug-likeness (QED) is 0.168. The van der Waals surface area contributed by atoms with Gasteiger partial charge in [0.15, 0.2) is 11.6 Å². The molecule has 0 saturated heterocycles. The zero-order valence-electron chi connectivity index (χ0n) is 18.5. The fourth-order valence-electron chi connectivity index (χ4n) is 3.75. The Morgan fingerprint density at radius 2 is 1.58 bits per heavy atom. The highest BCUT2D eigenvalue weighted by Gasteiger charge is 2.24. The van der Waals surface area contributed by atoms with E-state index in [1.54, 1.807) is 42.6 Å². The number of H-pyrrole nitrogens is 1. The van der Waals surface area contributed by atoms with Gasteiger partial charge in [-0.05, 0) is 48.5 Å². The van der Waals surface area contributed by atoms with Crippen LogP contribution in [0, 0.1) is 17.5 Å². The summed E-state index contributed by atoms with van der Waals surface area (Å²) in [5.74, 6) is -3.94. The molecule has 1 aromatic heterocycles. The van der Waals surface area contributed by atoms with Gasteiger partial charge < -0.3 is 26.3 Å². The molecule has 0 spiro atoms. The maximum absolute atomic E-state index is 13.8. The predicted molar refractivity (Wildman–Crippen MR) is 132 cm³/mol. The smallest absolute Gasteiger partial charge is 0.323 e. The predicted octanol–water partition coefficient (Wildman–Crippen LogP) is 6.31. The van der Waals surface area contributed by atoms with Gasteiger partial charge in [-0.1, -0.05) is 12.1 Å². The fraction of sp³-hybridized carbons (Fsp3) is 0. The van der Waals surface area contributed by atoms with E-state index in [1.165, 1.54) is 0 Å². The number of benzene rings is 3. The van der Waals surface area contributed by atoms with Gasteiger partial charge in [-0.2, -0.15) is 0 Å². The van der Waals surface area contributed by atoms with Crippen LogP contribution in [0.5, 0.6) is 0 Å². The molecule has 0 radical (unpaired) electrons. The van der Waals surface area contributed by atoms with Crippen molar-refractivity contribution >= 4 is 52.0 Å². The molecule has 1 aliphatic rings. The largest absolute Gasteiger partial charge is 0.362 e. The van der Waals surface area contributed by atoms with E-state index in [0.29, 0.717) is 40.5 Å². The molecule has 180 valence electrons. The molecule has 0 unspecified atom stereocenters. The average Bonchev–Trinajstić information content (AvgIpc) is 3.45. The van der Waals surface area contributed by atoms with Crippen LogP contribution in [-0.4, -0.2) is 16.9 Å². The van der Waals surface area contributed by atoms with E-state index in [9.17, 15) is 22.8 Å². The Bertz CT molecular complexity index is 1520. The maximum Gasteiger partial charge on any atom is 0.323 e. The number of carbonyl (C=O) groups is 2. The van der Waals surface area contributed by atoms with Gasteiger partial charge in [0.05, 0.1) is 16.9 Å². The summed E-state index contributed by atoms with van der Waals surface area (Å²) < 4.78 is 40.2. The third kappa shape index (κ3) is 4.78. The Balaban J connectivity index is 1.28. The zero-order chi connectivity index (χ0) is 25.2. The summed E-state index contributed by atoms with van der Waals surface area (Å²) in [6.07, 6.45) is 3.56. The van der Waals surface area contributed by atoms with Crippen molar-refractivity contribution < 1.29 is 22.8 Å². The first kappa shape index (κ1) is 22.8. The number of carbonyl (C=O) groups excluding carboxylic acids is 2. The van der Waals surface area contributed by atoms with Crippen LogP contribution in [0.25, 0.3) is 11.6 Å². The molecule has 0 saturated carbocycles. The van der Waals surface area contributed by atoms with Crippen LogP contribution in [0.1, 0.15) is 11.3 Å². The van der Waals surface area contributed by atoms with Crippen molar-refractivity contribution in [1.29, 1.82) is 0 Å². The van der Waals surface area contributed by atoms with Crippen molar-refractivity contribution in [1.82, 2.24) is 4.98 Å². The standard InChI is InChI=1S/C26H18F3N5O2/c27-20-12-22(29)24(13-21(20)28)34-26(36)32-16-4-1-3-15(9-16)31-17-6-7-18-19(10-14-5-2-8-30-14)25(35)33-23(18)11-17/h1-13,30-31H,(H,33,35)(H2,32,34,36). The van der Waals surface area contributed by atoms with E-state index in [0.717, 1.165) is 11.3 Å². The van der Waals surface area contributed by atoms with E-state index in [2.05, 4.69) is 26.3 Å². The molecule has 36 heavy (non-hydrogen) atoms. The first-order valence-electron chi connectivity index (χ1n) is 10.8. The molecule has 2 heterocycles. The van der Waals surface area contributed by atoms with Crippen molar-refractivity contribution in [3.63, 3.8) is 0 Å². The Morgan fingerprint density at radius 3 is 2.39 bits per heavy atom. The van der Waals surface area contributed by atoms with Crippen LogP contribution >= 0.6 is 0 Å². The van der Waals surface area contributed by atoms with Crippen molar-refractivity contribution in [2.45, 2.75) is 0 Å². The molecule has 0 atom stereocenters. The summed E-state index contributed by atoms with van der Waals surface area (Å²) in [4.78, 5) is 27.7. The lowest BCUT2D eigenvalue weighted by Crippen LogP contribution is -2.20.